The first-order chi connectivity index (χ1) is 23.0. The van der Waals surface area contributed by atoms with E-state index >= 15 is 4.79 Å². The molecule has 3 amide bonds. The second kappa shape index (κ2) is 13.8. The maximum absolute atomic E-state index is 15.1. The van der Waals surface area contributed by atoms with Crippen molar-refractivity contribution in [1.29, 1.82) is 0 Å². The van der Waals surface area contributed by atoms with Gasteiger partial charge in [-0.15, -0.1) is 0 Å². The molecule has 2 N–H and O–H groups in total. The van der Waals surface area contributed by atoms with Crippen molar-refractivity contribution >= 4 is 56.9 Å². The number of cyclic esters (lactones) is 1. The first kappa shape index (κ1) is 34.4. The zero-order valence-corrected chi connectivity index (χ0v) is 29.3. The number of likely N-dealkylation sites (tertiary alicyclic amines) is 1. The number of hydrogen-bond donors (Lipinski definition) is 2. The molecule has 4 aliphatic rings. The van der Waals surface area contributed by atoms with E-state index in [4.69, 9.17) is 21.1 Å². The van der Waals surface area contributed by atoms with Gasteiger partial charge in [0.15, 0.2) is 0 Å². The molecule has 6 rings (SSSR count). The average molecular weight is 741 g/mol. The van der Waals surface area contributed by atoms with Gasteiger partial charge in [-0.3, -0.25) is 19.2 Å². The zero-order valence-electron chi connectivity index (χ0n) is 27.0. The van der Waals surface area contributed by atoms with Gasteiger partial charge in [-0.1, -0.05) is 89.1 Å². The maximum atomic E-state index is 15.1. The Balaban J connectivity index is 1.51. The molecule has 2 saturated heterocycles. The van der Waals surface area contributed by atoms with Crippen LogP contribution in [0.1, 0.15) is 50.3 Å². The van der Waals surface area contributed by atoms with Crippen LogP contribution in [0.2, 0.25) is 5.02 Å². The predicted molar refractivity (Wildman–Crippen MR) is 183 cm³/mol. The van der Waals surface area contributed by atoms with Crippen LogP contribution in [0.15, 0.2) is 71.2 Å². The highest BCUT2D eigenvalue weighted by Gasteiger charge is 2.75. The SMILES string of the molecule is CC[C@@H](CO)N1C(=O)[C@@H]2[C@H]3C(=O)O[C@@H](c4ccccc4)[C@H](C)NC(=O)CC/C=C\CN(c4c(C)cccc4Cl)C(=O)[C@@H]1[C@]21C=C(Br)[C@H]3O1. The molecule has 2 aromatic rings. The molecule has 0 aliphatic carbocycles. The Kier molecular flexibility index (Phi) is 9.86. The van der Waals surface area contributed by atoms with Crippen LogP contribution in [0.3, 0.4) is 0 Å². The second-order valence-corrected chi connectivity index (χ2v) is 14.1. The molecule has 8 atom stereocenters. The molecule has 0 radical (unpaired) electrons. The summed E-state index contributed by atoms with van der Waals surface area (Å²) in [5.74, 6) is -4.06. The lowest BCUT2D eigenvalue weighted by Crippen LogP contribution is -2.58. The minimum atomic E-state index is -1.53. The number of aliphatic hydroxyl groups excluding tert-OH is 1. The number of ether oxygens (including phenoxy) is 2. The van der Waals surface area contributed by atoms with Gasteiger partial charge in [0.1, 0.15) is 29.8 Å². The van der Waals surface area contributed by atoms with Crippen molar-refractivity contribution in [3.8, 4) is 0 Å². The number of aryl methyl sites for hydroxylation is 1. The number of aliphatic hydroxyl groups is 1. The van der Waals surface area contributed by atoms with Crippen molar-refractivity contribution in [1.82, 2.24) is 10.2 Å². The van der Waals surface area contributed by atoms with Gasteiger partial charge in [0.25, 0.3) is 5.91 Å². The van der Waals surface area contributed by atoms with E-state index in [1.54, 1.807) is 31.2 Å². The van der Waals surface area contributed by atoms with Gasteiger partial charge in [0.05, 0.1) is 35.3 Å². The van der Waals surface area contributed by atoms with Crippen LogP contribution >= 0.6 is 27.5 Å². The van der Waals surface area contributed by atoms with Gasteiger partial charge < -0.3 is 29.7 Å². The second-order valence-electron chi connectivity index (χ2n) is 12.8. The quantitative estimate of drug-likeness (QED) is 0.335. The summed E-state index contributed by atoms with van der Waals surface area (Å²) < 4.78 is 13.4. The van der Waals surface area contributed by atoms with E-state index in [0.717, 1.165) is 5.56 Å². The number of carbonyl (C=O) groups excluding carboxylic acids is 4. The standard InChI is InChI=1S/C36H39BrClN3O7/c1-4-23(19-42)41-32-34(45)40(29-20(2)12-11-15-25(29)38)17-10-6-9-16-26(43)39-21(3)30(22-13-7-5-8-14-22)47-35(46)27-28(33(41)44)36(32)18-24(37)31(27)48-36/h5-8,10-15,18,21,23,27-28,30-32,42H,4,9,16-17,19H2,1-3H3,(H,39,43)/b10-6-/t21-,23-,27+,28-,30+,31+,32+,36-/m0/s1. The third-order valence-corrected chi connectivity index (χ3v) is 10.9. The molecule has 1 spiro atoms. The lowest BCUT2D eigenvalue weighted by atomic mass is 9.74. The zero-order chi connectivity index (χ0) is 34.3. The fourth-order valence-corrected chi connectivity index (χ4v) is 8.70. The summed E-state index contributed by atoms with van der Waals surface area (Å²) in [6.45, 7) is 5.14. The molecule has 0 saturated carbocycles. The summed E-state index contributed by atoms with van der Waals surface area (Å²) in [4.78, 5) is 60.1. The smallest absolute Gasteiger partial charge is 0.313 e. The largest absolute Gasteiger partial charge is 0.455 e. The Morgan fingerprint density at radius 1 is 1.06 bits per heavy atom. The van der Waals surface area contributed by atoms with E-state index in [1.165, 1.54) is 9.80 Å². The summed E-state index contributed by atoms with van der Waals surface area (Å²) in [5, 5.41) is 13.8. The Bertz CT molecular complexity index is 1640. The van der Waals surface area contributed by atoms with Crippen LogP contribution < -0.4 is 10.2 Å². The van der Waals surface area contributed by atoms with Crippen molar-refractivity contribution in [2.45, 2.75) is 76.0 Å². The highest BCUT2D eigenvalue weighted by molar-refractivity contribution is 9.11. The van der Waals surface area contributed by atoms with E-state index < -0.39 is 72.2 Å². The highest BCUT2D eigenvalue weighted by atomic mass is 79.9. The lowest BCUT2D eigenvalue weighted by Gasteiger charge is -2.39. The molecule has 4 aliphatic heterocycles. The number of nitrogens with one attached hydrogen (secondary N) is 1. The van der Waals surface area contributed by atoms with Crippen LogP contribution in [0.4, 0.5) is 5.69 Å². The number of rotatable bonds is 5. The first-order valence-electron chi connectivity index (χ1n) is 16.3. The number of carbonyl (C=O) groups is 4. The molecule has 254 valence electrons. The summed E-state index contributed by atoms with van der Waals surface area (Å²) in [7, 11) is 0. The third kappa shape index (κ3) is 5.78. The van der Waals surface area contributed by atoms with Crippen molar-refractivity contribution in [3.63, 3.8) is 0 Å². The van der Waals surface area contributed by atoms with E-state index in [2.05, 4.69) is 21.2 Å². The highest BCUT2D eigenvalue weighted by Crippen LogP contribution is 2.59. The Labute approximate surface area is 293 Å². The van der Waals surface area contributed by atoms with Crippen molar-refractivity contribution < 1.29 is 33.8 Å². The normalized spacial score (nSPS) is 32.1. The van der Waals surface area contributed by atoms with Gasteiger partial charge in [-0.2, -0.15) is 0 Å². The van der Waals surface area contributed by atoms with Crippen molar-refractivity contribution in [3.05, 3.63) is 87.4 Å². The number of fused-ring (bicyclic) bond motifs is 2. The molecule has 2 fully saturated rings. The number of halogens is 2. The number of nitrogens with zero attached hydrogens (tertiary/aromatic N) is 2. The topological polar surface area (TPSA) is 125 Å². The van der Waals surface area contributed by atoms with Gasteiger partial charge in [0.2, 0.25) is 11.8 Å². The molecule has 0 aromatic heterocycles. The van der Waals surface area contributed by atoms with Crippen LogP contribution in [0.5, 0.6) is 0 Å². The molecular formula is C36H39BrClN3O7. The number of allylic oxidation sites excluding steroid dienone is 1. The summed E-state index contributed by atoms with van der Waals surface area (Å²) in [6, 6.07) is 11.9. The van der Waals surface area contributed by atoms with E-state index in [-0.39, 0.29) is 18.9 Å². The van der Waals surface area contributed by atoms with Crippen molar-refractivity contribution in [2.24, 2.45) is 11.8 Å². The number of amides is 3. The number of esters is 1. The Morgan fingerprint density at radius 2 is 1.81 bits per heavy atom. The fourth-order valence-electron chi connectivity index (χ4n) is 7.64. The molecule has 2 aromatic carbocycles. The van der Waals surface area contributed by atoms with E-state index in [0.29, 0.717) is 33.6 Å². The molecule has 0 unspecified atom stereocenters. The number of benzene rings is 2. The number of para-hydroxylation sites is 1. The predicted octanol–water partition coefficient (Wildman–Crippen LogP) is 4.76. The van der Waals surface area contributed by atoms with Crippen LogP contribution in [0.25, 0.3) is 0 Å². The summed E-state index contributed by atoms with van der Waals surface area (Å²) >= 11 is 10.3. The maximum Gasteiger partial charge on any atom is 0.313 e. The molecule has 48 heavy (non-hydrogen) atoms. The van der Waals surface area contributed by atoms with E-state index in [1.807, 2.05) is 56.3 Å². The molecule has 10 nitrogen and oxygen atoms in total. The molecule has 5 bridgehead atoms. The summed E-state index contributed by atoms with van der Waals surface area (Å²) in [6.07, 6.45) is 4.54. The van der Waals surface area contributed by atoms with Crippen LogP contribution in [0, 0.1) is 18.8 Å². The molecule has 4 heterocycles. The summed E-state index contributed by atoms with van der Waals surface area (Å²) in [5.41, 5.74) is 0.357. The number of anilines is 1. The van der Waals surface area contributed by atoms with Gasteiger partial charge in [-0.05, 0) is 50.0 Å². The monoisotopic (exact) mass is 739 g/mol. The average Bonchev–Trinajstić information content (AvgIpc) is 3.66. The number of hydrogen-bond acceptors (Lipinski definition) is 7. The van der Waals surface area contributed by atoms with Crippen LogP contribution in [-0.2, 0) is 28.7 Å². The van der Waals surface area contributed by atoms with Crippen LogP contribution in [-0.4, -0.2) is 76.7 Å². The lowest BCUT2D eigenvalue weighted by molar-refractivity contribution is -0.161. The Morgan fingerprint density at radius 3 is 2.50 bits per heavy atom. The van der Waals surface area contributed by atoms with Gasteiger partial charge in [-0.25, -0.2) is 0 Å². The minimum absolute atomic E-state index is 0.0898. The van der Waals surface area contributed by atoms with Crippen molar-refractivity contribution in [2.75, 3.05) is 18.1 Å². The Hall–Kier alpha value is -3.51. The molecule has 12 heteroatoms. The molecular weight excluding hydrogens is 702 g/mol. The third-order valence-electron chi connectivity index (χ3n) is 9.88. The first-order valence-corrected chi connectivity index (χ1v) is 17.5. The van der Waals surface area contributed by atoms with E-state index in [9.17, 15) is 19.5 Å². The minimum Gasteiger partial charge on any atom is -0.455 e. The van der Waals surface area contributed by atoms with Gasteiger partial charge >= 0.3 is 5.97 Å². The fraction of sp³-hybridized carbons (Fsp3) is 0.444. The van der Waals surface area contributed by atoms with Gasteiger partial charge in [0, 0.05) is 17.4 Å².